The summed E-state index contributed by atoms with van der Waals surface area (Å²) in [6.07, 6.45) is 8.81. The van der Waals surface area contributed by atoms with Crippen LogP contribution in [-0.4, -0.2) is 17.9 Å². The molecular weight excluding hydrogens is 204 g/mol. The smallest absolute Gasteiger partial charge is 0.306 e. The highest BCUT2D eigenvalue weighted by molar-refractivity contribution is 5.74. The first-order valence-electron chi connectivity index (χ1n) is 6.40. The first-order valence-corrected chi connectivity index (χ1v) is 6.40. The van der Waals surface area contributed by atoms with E-state index in [2.05, 4.69) is 6.92 Å². The summed E-state index contributed by atoms with van der Waals surface area (Å²) in [7, 11) is 0. The van der Waals surface area contributed by atoms with Gasteiger partial charge in [-0.05, 0) is 32.1 Å². The third-order valence-corrected chi connectivity index (χ3v) is 3.22. The van der Waals surface area contributed by atoms with E-state index in [9.17, 15) is 9.59 Å². The summed E-state index contributed by atoms with van der Waals surface area (Å²) in [5.41, 5.74) is -0.790. The fourth-order valence-corrected chi connectivity index (χ4v) is 2.19. The summed E-state index contributed by atoms with van der Waals surface area (Å²) in [4.78, 5) is 22.6. The van der Waals surface area contributed by atoms with Crippen molar-refractivity contribution >= 4 is 12.3 Å². The molecule has 0 heterocycles. The number of aldehydes is 1. The molecular formula is C13H22O3. The second-order valence-electron chi connectivity index (χ2n) is 4.67. The van der Waals surface area contributed by atoms with Crippen molar-refractivity contribution in [3.63, 3.8) is 0 Å². The van der Waals surface area contributed by atoms with Crippen molar-refractivity contribution in [2.45, 2.75) is 70.3 Å². The van der Waals surface area contributed by atoms with Crippen molar-refractivity contribution in [2.75, 3.05) is 0 Å². The summed E-state index contributed by atoms with van der Waals surface area (Å²) >= 11 is 0. The van der Waals surface area contributed by atoms with Crippen molar-refractivity contribution in [1.29, 1.82) is 0 Å². The lowest BCUT2D eigenvalue weighted by atomic mass is 9.86. The highest BCUT2D eigenvalue weighted by atomic mass is 16.6. The third-order valence-electron chi connectivity index (χ3n) is 3.22. The van der Waals surface area contributed by atoms with Gasteiger partial charge in [0.05, 0.1) is 0 Å². The average molecular weight is 226 g/mol. The van der Waals surface area contributed by atoms with Crippen LogP contribution in [0, 0.1) is 0 Å². The van der Waals surface area contributed by atoms with Gasteiger partial charge >= 0.3 is 5.97 Å². The molecule has 0 aromatic rings. The van der Waals surface area contributed by atoms with Gasteiger partial charge in [-0.25, -0.2) is 0 Å². The molecule has 1 aliphatic carbocycles. The fourth-order valence-electron chi connectivity index (χ4n) is 2.19. The van der Waals surface area contributed by atoms with Crippen LogP contribution in [0.5, 0.6) is 0 Å². The zero-order valence-corrected chi connectivity index (χ0v) is 10.2. The van der Waals surface area contributed by atoms with Gasteiger partial charge in [-0.2, -0.15) is 0 Å². The SMILES string of the molecule is CCCCCC(=O)OC1(C=O)CCCCC1. The highest BCUT2D eigenvalue weighted by Gasteiger charge is 2.35. The molecule has 16 heavy (non-hydrogen) atoms. The monoisotopic (exact) mass is 226 g/mol. The lowest BCUT2D eigenvalue weighted by molar-refractivity contribution is -0.166. The van der Waals surface area contributed by atoms with Crippen molar-refractivity contribution < 1.29 is 14.3 Å². The average Bonchev–Trinajstić information content (AvgIpc) is 2.30. The lowest BCUT2D eigenvalue weighted by Crippen LogP contribution is -2.38. The number of ether oxygens (including phenoxy) is 1. The Kier molecular flexibility index (Phi) is 5.50. The molecule has 1 rings (SSSR count). The molecule has 3 nitrogen and oxygen atoms in total. The Bertz CT molecular complexity index is 229. The van der Waals surface area contributed by atoms with Crippen LogP contribution in [0.2, 0.25) is 0 Å². The van der Waals surface area contributed by atoms with Gasteiger partial charge in [0.25, 0.3) is 0 Å². The largest absolute Gasteiger partial charge is 0.451 e. The maximum absolute atomic E-state index is 11.6. The van der Waals surface area contributed by atoms with E-state index in [1.54, 1.807) is 0 Å². The van der Waals surface area contributed by atoms with Gasteiger partial charge in [-0.3, -0.25) is 9.59 Å². The topological polar surface area (TPSA) is 43.4 Å². The molecule has 0 radical (unpaired) electrons. The van der Waals surface area contributed by atoms with Gasteiger partial charge in [-0.1, -0.05) is 26.2 Å². The minimum atomic E-state index is -0.790. The number of carbonyl (C=O) groups is 2. The third kappa shape index (κ3) is 3.95. The molecule has 0 aliphatic heterocycles. The number of rotatable bonds is 6. The van der Waals surface area contributed by atoms with Gasteiger partial charge in [0, 0.05) is 6.42 Å². The van der Waals surface area contributed by atoms with Crippen LogP contribution in [0.15, 0.2) is 0 Å². The maximum atomic E-state index is 11.6. The lowest BCUT2D eigenvalue weighted by Gasteiger charge is -2.31. The van der Waals surface area contributed by atoms with E-state index in [0.717, 1.165) is 44.8 Å². The predicted molar refractivity (Wildman–Crippen MR) is 62.1 cm³/mol. The molecule has 0 spiro atoms. The van der Waals surface area contributed by atoms with Crippen LogP contribution < -0.4 is 0 Å². The Morgan fingerprint density at radius 3 is 2.50 bits per heavy atom. The van der Waals surface area contributed by atoms with Crippen LogP contribution in [-0.2, 0) is 14.3 Å². The second kappa shape index (κ2) is 6.66. The van der Waals surface area contributed by atoms with Crippen molar-refractivity contribution in [2.24, 2.45) is 0 Å². The van der Waals surface area contributed by atoms with E-state index >= 15 is 0 Å². The summed E-state index contributed by atoms with van der Waals surface area (Å²) in [6.45, 7) is 2.10. The quantitative estimate of drug-likeness (QED) is 0.397. The fraction of sp³-hybridized carbons (Fsp3) is 0.846. The number of unbranched alkanes of at least 4 members (excludes halogenated alkanes) is 2. The van der Waals surface area contributed by atoms with Gasteiger partial charge in [0.15, 0.2) is 11.9 Å². The first kappa shape index (κ1) is 13.2. The minimum Gasteiger partial charge on any atom is -0.451 e. The Balaban J connectivity index is 2.36. The Morgan fingerprint density at radius 1 is 1.25 bits per heavy atom. The molecule has 0 saturated heterocycles. The standard InChI is InChI=1S/C13H22O3/c1-2-3-5-8-12(15)16-13(11-14)9-6-4-7-10-13/h11H,2-10H2,1H3. The zero-order chi connectivity index (χ0) is 11.9. The highest BCUT2D eigenvalue weighted by Crippen LogP contribution is 2.30. The Hall–Kier alpha value is -0.860. The molecule has 0 aromatic heterocycles. The molecule has 0 aromatic carbocycles. The summed E-state index contributed by atoms with van der Waals surface area (Å²) in [5.74, 6) is -0.206. The molecule has 0 unspecified atom stereocenters. The Labute approximate surface area is 97.5 Å². The van der Waals surface area contributed by atoms with Crippen LogP contribution in [0.1, 0.15) is 64.7 Å². The summed E-state index contributed by atoms with van der Waals surface area (Å²) < 4.78 is 5.37. The van der Waals surface area contributed by atoms with E-state index in [1.807, 2.05) is 0 Å². The van der Waals surface area contributed by atoms with Crippen LogP contribution in [0.4, 0.5) is 0 Å². The normalized spacial score (nSPS) is 19.1. The zero-order valence-electron chi connectivity index (χ0n) is 10.2. The van der Waals surface area contributed by atoms with Crippen LogP contribution in [0.3, 0.4) is 0 Å². The number of hydrogen-bond acceptors (Lipinski definition) is 3. The van der Waals surface area contributed by atoms with Gasteiger partial charge in [-0.15, -0.1) is 0 Å². The molecule has 0 N–H and O–H groups in total. The number of carbonyl (C=O) groups excluding carboxylic acids is 2. The summed E-state index contributed by atoms with van der Waals surface area (Å²) in [6, 6.07) is 0. The maximum Gasteiger partial charge on any atom is 0.306 e. The predicted octanol–water partition coefficient (Wildman–Crippen LogP) is 3.01. The number of hydrogen-bond donors (Lipinski definition) is 0. The molecule has 1 fully saturated rings. The molecule has 0 atom stereocenters. The van der Waals surface area contributed by atoms with Crippen molar-refractivity contribution in [1.82, 2.24) is 0 Å². The Morgan fingerprint density at radius 2 is 1.94 bits per heavy atom. The van der Waals surface area contributed by atoms with Gasteiger partial charge in [0.1, 0.15) is 0 Å². The van der Waals surface area contributed by atoms with Crippen molar-refractivity contribution in [3.05, 3.63) is 0 Å². The van der Waals surface area contributed by atoms with Gasteiger partial charge < -0.3 is 4.74 Å². The van der Waals surface area contributed by atoms with E-state index in [0.29, 0.717) is 19.3 Å². The molecule has 3 heteroatoms. The molecule has 1 aliphatic rings. The van der Waals surface area contributed by atoms with E-state index in [4.69, 9.17) is 4.74 Å². The van der Waals surface area contributed by atoms with Crippen molar-refractivity contribution in [3.8, 4) is 0 Å². The van der Waals surface area contributed by atoms with Crippen LogP contribution >= 0.6 is 0 Å². The first-order chi connectivity index (χ1) is 7.72. The second-order valence-corrected chi connectivity index (χ2v) is 4.67. The van der Waals surface area contributed by atoms with Crippen LogP contribution in [0.25, 0.3) is 0 Å². The molecule has 1 saturated carbocycles. The van der Waals surface area contributed by atoms with E-state index in [1.165, 1.54) is 0 Å². The molecule has 0 amide bonds. The van der Waals surface area contributed by atoms with E-state index in [-0.39, 0.29) is 5.97 Å². The number of esters is 1. The molecule has 0 bridgehead atoms. The summed E-state index contributed by atoms with van der Waals surface area (Å²) in [5, 5.41) is 0. The van der Waals surface area contributed by atoms with E-state index < -0.39 is 5.60 Å². The molecule has 92 valence electrons. The van der Waals surface area contributed by atoms with Gasteiger partial charge in [0.2, 0.25) is 0 Å². The minimum absolute atomic E-state index is 0.206.